The van der Waals surface area contributed by atoms with Gasteiger partial charge < -0.3 is 5.11 Å². The summed E-state index contributed by atoms with van der Waals surface area (Å²) in [5, 5.41) is 30.1. The van der Waals surface area contributed by atoms with E-state index in [-0.39, 0.29) is 17.6 Å². The quantitative estimate of drug-likeness (QED) is 0.483. The van der Waals surface area contributed by atoms with Crippen LogP contribution in [0.3, 0.4) is 0 Å². The number of carboxylic acids is 1. The fourth-order valence-electron chi connectivity index (χ4n) is 1.38. The summed E-state index contributed by atoms with van der Waals surface area (Å²) in [4.78, 5) is 30.3. The van der Waals surface area contributed by atoms with Gasteiger partial charge in [-0.05, 0) is 0 Å². The van der Waals surface area contributed by atoms with Crippen LogP contribution in [-0.2, 0) is 11.2 Å². The predicted molar refractivity (Wildman–Crippen MR) is 60.2 cm³/mol. The third kappa shape index (κ3) is 2.67. The van der Waals surface area contributed by atoms with Crippen LogP contribution in [0.2, 0.25) is 0 Å². The Morgan fingerprint density at radius 3 is 2.33 bits per heavy atom. The maximum Gasteiger partial charge on any atom is 0.349 e. The number of hydrogen-bond acceptors (Lipinski definition) is 5. The number of benzene rings is 1. The van der Waals surface area contributed by atoms with Crippen molar-refractivity contribution in [1.29, 1.82) is 0 Å². The molecule has 0 bridgehead atoms. The lowest BCUT2D eigenvalue weighted by molar-refractivity contribution is -0.422. The molecule has 0 radical (unpaired) electrons. The highest BCUT2D eigenvalue weighted by Crippen LogP contribution is 2.31. The number of nitro benzene ring substituents is 2. The third-order valence-electron chi connectivity index (χ3n) is 2.18. The summed E-state index contributed by atoms with van der Waals surface area (Å²) < 4.78 is 0. The van der Waals surface area contributed by atoms with E-state index >= 15 is 0 Å². The molecule has 0 fully saturated rings. The fourth-order valence-corrected chi connectivity index (χ4v) is 1.38. The molecule has 8 heteroatoms. The zero-order valence-electron chi connectivity index (χ0n) is 9.03. The lowest BCUT2D eigenvalue weighted by Gasteiger charge is -2.03. The van der Waals surface area contributed by atoms with Crippen LogP contribution in [0, 0.1) is 20.2 Å². The maximum absolute atomic E-state index is 10.8. The maximum atomic E-state index is 10.8. The SMILES string of the molecule is C=C(Cc1cccc([N+](=O)[O-])c1[N+](=O)[O-])C(=O)O. The van der Waals surface area contributed by atoms with Gasteiger partial charge in [0.2, 0.25) is 0 Å². The minimum absolute atomic E-state index is 0.0541. The Labute approximate surface area is 100 Å². The summed E-state index contributed by atoms with van der Waals surface area (Å²) in [6.45, 7) is 3.23. The Morgan fingerprint density at radius 1 is 1.28 bits per heavy atom. The second-order valence-corrected chi connectivity index (χ2v) is 3.38. The van der Waals surface area contributed by atoms with Gasteiger partial charge >= 0.3 is 17.3 Å². The highest BCUT2D eigenvalue weighted by Gasteiger charge is 2.28. The monoisotopic (exact) mass is 252 g/mol. The van der Waals surface area contributed by atoms with E-state index < -0.39 is 27.2 Å². The van der Waals surface area contributed by atoms with Crippen molar-refractivity contribution in [2.45, 2.75) is 6.42 Å². The largest absolute Gasteiger partial charge is 0.478 e. The number of nitrogens with zero attached hydrogens (tertiary/aromatic N) is 2. The van der Waals surface area contributed by atoms with Gasteiger partial charge in [-0.1, -0.05) is 18.7 Å². The van der Waals surface area contributed by atoms with Crippen molar-refractivity contribution in [1.82, 2.24) is 0 Å². The lowest BCUT2D eigenvalue weighted by Crippen LogP contribution is -2.06. The van der Waals surface area contributed by atoms with Crippen molar-refractivity contribution >= 4 is 17.3 Å². The smallest absolute Gasteiger partial charge is 0.349 e. The van der Waals surface area contributed by atoms with Crippen LogP contribution in [0.5, 0.6) is 0 Å². The summed E-state index contributed by atoms with van der Waals surface area (Å²) in [5.74, 6) is -1.31. The Bertz CT molecular complexity index is 551. The van der Waals surface area contributed by atoms with E-state index in [9.17, 15) is 25.0 Å². The molecule has 0 saturated carbocycles. The lowest BCUT2D eigenvalue weighted by atomic mass is 10.0. The van der Waals surface area contributed by atoms with Crippen molar-refractivity contribution in [3.05, 3.63) is 56.1 Å². The average molecular weight is 252 g/mol. The van der Waals surface area contributed by atoms with E-state index in [0.29, 0.717) is 0 Å². The van der Waals surface area contributed by atoms with Gasteiger partial charge in [0.05, 0.1) is 9.85 Å². The van der Waals surface area contributed by atoms with Crippen LogP contribution in [-0.4, -0.2) is 20.9 Å². The molecule has 0 aliphatic rings. The fraction of sp³-hybridized carbons (Fsp3) is 0.100. The molecular weight excluding hydrogens is 244 g/mol. The van der Waals surface area contributed by atoms with E-state index in [4.69, 9.17) is 5.11 Å². The molecule has 0 amide bonds. The first-order valence-corrected chi connectivity index (χ1v) is 4.66. The summed E-state index contributed by atoms with van der Waals surface area (Å²) >= 11 is 0. The molecule has 1 N–H and O–H groups in total. The van der Waals surface area contributed by atoms with E-state index in [1.54, 1.807) is 0 Å². The first-order chi connectivity index (χ1) is 8.34. The molecule has 0 atom stereocenters. The zero-order valence-corrected chi connectivity index (χ0v) is 9.03. The molecule has 0 saturated heterocycles. The molecule has 0 heterocycles. The molecule has 18 heavy (non-hydrogen) atoms. The summed E-state index contributed by atoms with van der Waals surface area (Å²) in [7, 11) is 0. The Balaban J connectivity index is 3.32. The van der Waals surface area contributed by atoms with Gasteiger partial charge in [0, 0.05) is 23.6 Å². The van der Waals surface area contributed by atoms with Crippen molar-refractivity contribution in [2.75, 3.05) is 0 Å². The number of carboxylic acid groups (broad SMARTS) is 1. The van der Waals surface area contributed by atoms with Crippen LogP contribution < -0.4 is 0 Å². The van der Waals surface area contributed by atoms with Gasteiger partial charge in [-0.15, -0.1) is 0 Å². The van der Waals surface area contributed by atoms with E-state index in [0.717, 1.165) is 6.07 Å². The van der Waals surface area contributed by atoms with Crippen LogP contribution in [0.1, 0.15) is 5.56 Å². The predicted octanol–water partition coefficient (Wildman–Crippen LogP) is 1.69. The number of hydrogen-bond donors (Lipinski definition) is 1. The minimum Gasteiger partial charge on any atom is -0.478 e. The molecular formula is C10H8N2O6. The molecule has 1 aromatic rings. The summed E-state index contributed by atoms with van der Waals surface area (Å²) in [6.07, 6.45) is -0.326. The molecule has 94 valence electrons. The van der Waals surface area contributed by atoms with E-state index in [1.165, 1.54) is 12.1 Å². The number of carbonyl (C=O) groups is 1. The van der Waals surface area contributed by atoms with Gasteiger partial charge in [-0.3, -0.25) is 20.2 Å². The standard InChI is InChI=1S/C10H8N2O6/c1-6(10(13)14)5-7-3-2-4-8(11(15)16)9(7)12(17)18/h2-4H,1,5H2,(H,13,14). The molecule has 0 aliphatic heterocycles. The van der Waals surface area contributed by atoms with Crippen molar-refractivity contribution < 1.29 is 19.7 Å². The minimum atomic E-state index is -1.31. The van der Waals surface area contributed by atoms with Crippen LogP contribution in [0.25, 0.3) is 0 Å². The summed E-state index contributed by atoms with van der Waals surface area (Å²) in [6, 6.07) is 3.51. The van der Waals surface area contributed by atoms with Crippen LogP contribution in [0.4, 0.5) is 11.4 Å². The number of nitro groups is 2. The molecule has 0 spiro atoms. The van der Waals surface area contributed by atoms with Gasteiger partial charge in [0.15, 0.2) is 0 Å². The van der Waals surface area contributed by atoms with Gasteiger partial charge in [-0.2, -0.15) is 0 Å². The molecule has 1 rings (SSSR count). The zero-order chi connectivity index (χ0) is 13.9. The van der Waals surface area contributed by atoms with Crippen LogP contribution >= 0.6 is 0 Å². The first kappa shape index (κ1) is 13.3. The number of para-hydroxylation sites is 1. The van der Waals surface area contributed by atoms with Crippen molar-refractivity contribution in [3.8, 4) is 0 Å². The highest BCUT2D eigenvalue weighted by atomic mass is 16.6. The molecule has 1 aromatic carbocycles. The van der Waals surface area contributed by atoms with E-state index in [1.807, 2.05) is 0 Å². The molecule has 0 aliphatic carbocycles. The van der Waals surface area contributed by atoms with Gasteiger partial charge in [0.25, 0.3) is 0 Å². The Morgan fingerprint density at radius 2 is 1.89 bits per heavy atom. The second-order valence-electron chi connectivity index (χ2n) is 3.38. The highest BCUT2D eigenvalue weighted by molar-refractivity contribution is 5.86. The summed E-state index contributed by atoms with van der Waals surface area (Å²) in [5.41, 5.74) is -1.71. The average Bonchev–Trinajstić information content (AvgIpc) is 2.27. The topological polar surface area (TPSA) is 124 Å². The second kappa shape index (κ2) is 5.04. The van der Waals surface area contributed by atoms with Crippen LogP contribution in [0.15, 0.2) is 30.4 Å². The normalized spacial score (nSPS) is 9.78. The number of rotatable bonds is 5. The van der Waals surface area contributed by atoms with Gasteiger partial charge in [0.1, 0.15) is 0 Å². The van der Waals surface area contributed by atoms with Crippen molar-refractivity contribution in [2.24, 2.45) is 0 Å². The first-order valence-electron chi connectivity index (χ1n) is 4.66. The molecule has 8 nitrogen and oxygen atoms in total. The molecule has 0 unspecified atom stereocenters. The van der Waals surface area contributed by atoms with Crippen molar-refractivity contribution in [3.63, 3.8) is 0 Å². The Hall–Kier alpha value is -2.77. The number of aliphatic carboxylic acids is 1. The third-order valence-corrected chi connectivity index (χ3v) is 2.18. The molecule has 0 aromatic heterocycles. The Kier molecular flexibility index (Phi) is 3.72. The van der Waals surface area contributed by atoms with E-state index in [2.05, 4.69) is 6.58 Å². The van der Waals surface area contributed by atoms with Gasteiger partial charge in [-0.25, -0.2) is 4.79 Å².